The fraction of sp³-hybridized carbons (Fsp3) is 0.682. The molecule has 0 heterocycles. The molecule has 0 unspecified atom stereocenters. The summed E-state index contributed by atoms with van der Waals surface area (Å²) in [6, 6.07) is 0. The van der Waals surface area contributed by atoms with Crippen LogP contribution in [-0.2, 0) is 14.4 Å². The maximum Gasteiger partial charge on any atom is 0.184 e. The van der Waals surface area contributed by atoms with E-state index in [0.717, 1.165) is 0 Å². The normalized spacial score (nSPS) is 47.2. The van der Waals surface area contributed by atoms with Gasteiger partial charge >= 0.3 is 0 Å². The highest BCUT2D eigenvalue weighted by molar-refractivity contribution is 6.28. The minimum atomic E-state index is -2.13. The van der Waals surface area contributed by atoms with Gasteiger partial charge in [0.2, 0.25) is 0 Å². The summed E-state index contributed by atoms with van der Waals surface area (Å²) in [5.74, 6) is -2.33. The van der Waals surface area contributed by atoms with Gasteiger partial charge in [-0.05, 0) is 55.2 Å². The van der Waals surface area contributed by atoms with Gasteiger partial charge in [-0.25, -0.2) is 4.39 Å². The van der Waals surface area contributed by atoms with E-state index >= 15 is 4.39 Å². The minimum Gasteiger partial charge on any atom is -0.396 e. The van der Waals surface area contributed by atoms with Gasteiger partial charge in [0.1, 0.15) is 0 Å². The van der Waals surface area contributed by atoms with Crippen LogP contribution in [0.2, 0.25) is 0 Å². The molecule has 0 aromatic carbocycles. The molecule has 4 rings (SSSR count). The third-order valence-electron chi connectivity index (χ3n) is 8.31. The summed E-state index contributed by atoms with van der Waals surface area (Å²) in [4.78, 5) is 37.7. The molecule has 0 aromatic heterocycles. The number of rotatable bonds is 3. The van der Waals surface area contributed by atoms with Crippen LogP contribution < -0.4 is 0 Å². The highest BCUT2D eigenvalue weighted by Gasteiger charge is 2.72. The second kappa shape index (κ2) is 6.33. The molecule has 0 amide bonds. The molecule has 7 atom stereocenters. The maximum absolute atomic E-state index is 16.8. The highest BCUT2D eigenvalue weighted by Crippen LogP contribution is 2.68. The van der Waals surface area contributed by atoms with E-state index in [-0.39, 0.29) is 48.2 Å². The molecular weight excluding hydrogens is 383 g/mol. The fourth-order valence-corrected chi connectivity index (χ4v) is 7.12. The minimum absolute atomic E-state index is 0.00636. The maximum atomic E-state index is 16.8. The zero-order valence-electron chi connectivity index (χ0n) is 16.2. The molecule has 6 heteroatoms. The first-order valence-corrected chi connectivity index (χ1v) is 10.5. The Kier molecular flexibility index (Phi) is 4.51. The van der Waals surface area contributed by atoms with E-state index < -0.39 is 28.2 Å². The Hall–Kier alpha value is -1.33. The Labute approximate surface area is 169 Å². The third kappa shape index (κ3) is 2.29. The van der Waals surface area contributed by atoms with Crippen molar-refractivity contribution in [2.24, 2.45) is 34.5 Å². The van der Waals surface area contributed by atoms with Crippen molar-refractivity contribution in [2.45, 2.75) is 45.2 Å². The summed E-state index contributed by atoms with van der Waals surface area (Å²) in [6.07, 6.45) is 5.85. The van der Waals surface area contributed by atoms with Crippen LogP contribution in [0.1, 0.15) is 39.5 Å². The molecule has 4 aliphatic carbocycles. The second-order valence-electron chi connectivity index (χ2n) is 9.41. The lowest BCUT2D eigenvalue weighted by atomic mass is 9.44. The van der Waals surface area contributed by atoms with Gasteiger partial charge in [-0.2, -0.15) is 0 Å². The van der Waals surface area contributed by atoms with Gasteiger partial charge in [-0.15, -0.1) is 11.6 Å². The predicted octanol–water partition coefficient (Wildman–Crippen LogP) is 3.21. The average molecular weight is 409 g/mol. The van der Waals surface area contributed by atoms with Gasteiger partial charge in [-0.1, -0.05) is 13.0 Å². The zero-order chi connectivity index (χ0) is 20.5. The van der Waals surface area contributed by atoms with Crippen LogP contribution in [0.15, 0.2) is 23.8 Å². The lowest BCUT2D eigenvalue weighted by Crippen LogP contribution is -2.66. The van der Waals surface area contributed by atoms with E-state index in [1.54, 1.807) is 6.92 Å². The molecule has 0 saturated heterocycles. The van der Waals surface area contributed by atoms with Crippen molar-refractivity contribution in [3.63, 3.8) is 0 Å². The number of carbonyl (C=O) groups is 3. The zero-order valence-corrected chi connectivity index (χ0v) is 17.0. The Morgan fingerprint density at radius 3 is 2.64 bits per heavy atom. The second-order valence-corrected chi connectivity index (χ2v) is 9.68. The number of aliphatic hydroxyl groups is 1. The molecule has 152 valence electrons. The summed E-state index contributed by atoms with van der Waals surface area (Å²) in [6.45, 7) is 3.41. The first-order valence-electron chi connectivity index (χ1n) is 10.0. The van der Waals surface area contributed by atoms with Crippen molar-refractivity contribution in [3.8, 4) is 0 Å². The van der Waals surface area contributed by atoms with Crippen LogP contribution in [-0.4, -0.2) is 40.6 Å². The molecule has 3 saturated carbocycles. The molecule has 0 bridgehead atoms. The van der Waals surface area contributed by atoms with Crippen LogP contribution in [0.3, 0.4) is 0 Å². The molecular formula is C22H26ClFO4. The van der Waals surface area contributed by atoms with Crippen molar-refractivity contribution in [1.29, 1.82) is 0 Å². The Morgan fingerprint density at radius 2 is 2.00 bits per heavy atom. The summed E-state index contributed by atoms with van der Waals surface area (Å²) in [5, 5.41) is 10.00. The smallest absolute Gasteiger partial charge is 0.184 e. The van der Waals surface area contributed by atoms with Gasteiger partial charge in [0, 0.05) is 36.2 Å². The number of aliphatic hydroxyl groups excluding tert-OH is 1. The van der Waals surface area contributed by atoms with Crippen LogP contribution in [0, 0.1) is 34.5 Å². The van der Waals surface area contributed by atoms with Crippen molar-refractivity contribution in [1.82, 2.24) is 0 Å². The molecule has 0 radical (unpaired) electrons. The Morgan fingerprint density at radius 1 is 1.29 bits per heavy atom. The number of hydrogen-bond donors (Lipinski definition) is 1. The SMILES string of the molecule is C[C@]12CC(=O)[C@@]3(F)[C@@H](C[C@H](CO)C4=CC(=O)C=C[C@@]43C)[C@@H]1CC[C@@H]2C(=O)CCl. The first kappa shape index (κ1) is 20.0. The van der Waals surface area contributed by atoms with Gasteiger partial charge in [0.15, 0.2) is 23.0 Å². The number of carbonyl (C=O) groups excluding carboxylic acids is 3. The van der Waals surface area contributed by atoms with E-state index in [9.17, 15) is 19.5 Å². The topological polar surface area (TPSA) is 71.4 Å². The van der Waals surface area contributed by atoms with Crippen LogP contribution in [0.25, 0.3) is 0 Å². The standard InChI is InChI=1S/C22H26ClFO4/c1-20-9-19(28)22(24)17(14(20)3-4-15(20)18(27)10-23)7-12(11-25)16-8-13(26)5-6-21(16,22)2/h5-6,8,12,14-15,17,25H,3-4,7,9-11H2,1-2H3/t12-,14+,15-,17+,20+,21+,22+/m1/s1. The van der Waals surface area contributed by atoms with Crippen molar-refractivity contribution in [3.05, 3.63) is 23.8 Å². The number of ketones is 3. The number of allylic oxidation sites excluding steroid dienone is 3. The monoisotopic (exact) mass is 408 g/mol. The summed E-state index contributed by atoms with van der Waals surface area (Å²) in [7, 11) is 0. The van der Waals surface area contributed by atoms with Crippen molar-refractivity contribution in [2.75, 3.05) is 12.5 Å². The van der Waals surface area contributed by atoms with E-state index in [4.69, 9.17) is 11.6 Å². The number of alkyl halides is 2. The molecule has 0 aromatic rings. The van der Waals surface area contributed by atoms with Gasteiger partial charge < -0.3 is 5.11 Å². The molecule has 0 aliphatic heterocycles. The summed E-state index contributed by atoms with van der Waals surface area (Å²) < 4.78 is 16.8. The summed E-state index contributed by atoms with van der Waals surface area (Å²) in [5.41, 5.74) is -3.46. The van der Waals surface area contributed by atoms with Gasteiger partial charge in [0.25, 0.3) is 0 Å². The Bertz CT molecular complexity index is 819. The molecule has 4 aliphatic rings. The average Bonchev–Trinajstić information content (AvgIpc) is 2.99. The number of halogens is 2. The number of fused-ring (bicyclic) bond motifs is 5. The Balaban J connectivity index is 1.84. The molecule has 28 heavy (non-hydrogen) atoms. The predicted molar refractivity (Wildman–Crippen MR) is 103 cm³/mol. The van der Waals surface area contributed by atoms with E-state index in [2.05, 4.69) is 0 Å². The fourth-order valence-electron chi connectivity index (χ4n) is 6.94. The number of hydrogen-bond acceptors (Lipinski definition) is 4. The third-order valence-corrected chi connectivity index (χ3v) is 8.57. The quantitative estimate of drug-likeness (QED) is 0.728. The van der Waals surface area contributed by atoms with Crippen LogP contribution >= 0.6 is 11.6 Å². The largest absolute Gasteiger partial charge is 0.396 e. The molecule has 3 fully saturated rings. The van der Waals surface area contributed by atoms with Crippen molar-refractivity contribution < 1.29 is 23.9 Å². The van der Waals surface area contributed by atoms with Gasteiger partial charge in [-0.3, -0.25) is 14.4 Å². The summed E-state index contributed by atoms with van der Waals surface area (Å²) >= 11 is 5.81. The molecule has 4 nitrogen and oxygen atoms in total. The molecule has 1 N–H and O–H groups in total. The highest BCUT2D eigenvalue weighted by atomic mass is 35.5. The van der Waals surface area contributed by atoms with Crippen LogP contribution in [0.4, 0.5) is 4.39 Å². The van der Waals surface area contributed by atoms with E-state index in [0.29, 0.717) is 24.8 Å². The molecule has 0 spiro atoms. The first-order chi connectivity index (χ1) is 13.1. The number of Topliss-reactive ketones (excluding diaryl/α,β-unsaturated/α-hetero) is 2. The van der Waals surface area contributed by atoms with Crippen molar-refractivity contribution >= 4 is 29.0 Å². The van der Waals surface area contributed by atoms with E-state index in [1.807, 2.05) is 6.92 Å². The lowest BCUT2D eigenvalue weighted by Gasteiger charge is -2.60. The van der Waals surface area contributed by atoms with Crippen LogP contribution in [0.5, 0.6) is 0 Å². The van der Waals surface area contributed by atoms with Gasteiger partial charge in [0.05, 0.1) is 5.88 Å². The van der Waals surface area contributed by atoms with E-state index in [1.165, 1.54) is 18.2 Å². The lowest BCUT2D eigenvalue weighted by molar-refractivity contribution is -0.170.